The molecular weight excluding hydrogens is 284 g/mol. The summed E-state index contributed by atoms with van der Waals surface area (Å²) < 4.78 is 31.6. The van der Waals surface area contributed by atoms with Crippen molar-refractivity contribution in [1.82, 2.24) is 9.62 Å². The molecule has 0 radical (unpaired) electrons. The van der Waals surface area contributed by atoms with Gasteiger partial charge in [-0.25, -0.2) is 8.42 Å². The number of thioether (sulfide) groups is 1. The Morgan fingerprint density at radius 2 is 2.05 bits per heavy atom. The molecule has 1 aromatic rings. The van der Waals surface area contributed by atoms with Gasteiger partial charge in [-0.15, -0.1) is 0 Å². The Bertz CT molecular complexity index is 505. The molecule has 0 atom stereocenters. The van der Waals surface area contributed by atoms with E-state index in [1.54, 1.807) is 23.9 Å². The average Bonchev–Trinajstić information content (AvgIpc) is 2.87. The molecule has 19 heavy (non-hydrogen) atoms. The van der Waals surface area contributed by atoms with Crippen molar-refractivity contribution in [3.05, 3.63) is 17.9 Å². The van der Waals surface area contributed by atoms with E-state index >= 15 is 0 Å². The highest BCUT2D eigenvalue weighted by Crippen LogP contribution is 2.22. The van der Waals surface area contributed by atoms with E-state index in [0.29, 0.717) is 31.4 Å². The Hall–Kier alpha value is -0.500. The molecule has 0 unspecified atom stereocenters. The zero-order valence-electron chi connectivity index (χ0n) is 11.3. The molecule has 0 aromatic carbocycles. The van der Waals surface area contributed by atoms with Crippen molar-refractivity contribution in [1.29, 1.82) is 0 Å². The molecule has 1 aliphatic rings. The first-order valence-corrected chi connectivity index (χ1v) is 8.99. The third-order valence-corrected chi connectivity index (χ3v) is 5.60. The molecular formula is C12H20N2O3S2. The van der Waals surface area contributed by atoms with Crippen molar-refractivity contribution in [3.63, 3.8) is 0 Å². The molecule has 108 valence electrons. The van der Waals surface area contributed by atoms with Crippen LogP contribution in [0.25, 0.3) is 0 Å². The van der Waals surface area contributed by atoms with Crippen LogP contribution >= 0.6 is 11.8 Å². The fourth-order valence-electron chi connectivity index (χ4n) is 1.81. The van der Waals surface area contributed by atoms with Crippen molar-refractivity contribution in [2.75, 3.05) is 24.6 Å². The highest BCUT2D eigenvalue weighted by molar-refractivity contribution is 7.99. The van der Waals surface area contributed by atoms with Crippen LogP contribution in [-0.4, -0.2) is 43.4 Å². The van der Waals surface area contributed by atoms with E-state index in [0.717, 1.165) is 11.5 Å². The number of hydrogen-bond acceptors (Lipinski definition) is 5. The van der Waals surface area contributed by atoms with Crippen LogP contribution in [0.4, 0.5) is 0 Å². The third-order valence-electron chi connectivity index (χ3n) is 2.89. The molecule has 1 N–H and O–H groups in total. The Kier molecular flexibility index (Phi) is 4.94. The predicted octanol–water partition coefficient (Wildman–Crippen LogP) is 1.52. The number of furan rings is 1. The van der Waals surface area contributed by atoms with Gasteiger partial charge in [-0.1, -0.05) is 13.8 Å². The van der Waals surface area contributed by atoms with Gasteiger partial charge in [0.2, 0.25) is 5.09 Å². The lowest BCUT2D eigenvalue weighted by molar-refractivity contribution is 0.369. The van der Waals surface area contributed by atoms with Gasteiger partial charge in [0, 0.05) is 30.6 Å². The normalized spacial score (nSPS) is 18.1. The number of sulfonamides is 1. The molecule has 1 fully saturated rings. The molecule has 2 rings (SSSR count). The predicted molar refractivity (Wildman–Crippen MR) is 76.8 cm³/mol. The Morgan fingerprint density at radius 1 is 1.37 bits per heavy atom. The molecule has 0 spiro atoms. The SMILES string of the molecule is CC(C)NCc1ccc(S(=O)(=O)N2CCSCC2)o1. The van der Waals surface area contributed by atoms with Crippen molar-refractivity contribution in [2.24, 2.45) is 0 Å². The fourth-order valence-corrected chi connectivity index (χ4v) is 4.32. The first-order chi connectivity index (χ1) is 9.00. The summed E-state index contributed by atoms with van der Waals surface area (Å²) in [6, 6.07) is 3.61. The monoisotopic (exact) mass is 304 g/mol. The molecule has 1 aromatic heterocycles. The minimum Gasteiger partial charge on any atom is -0.447 e. The lowest BCUT2D eigenvalue weighted by Crippen LogP contribution is -2.37. The second kappa shape index (κ2) is 6.30. The Labute approximate surface area is 118 Å². The molecule has 2 heterocycles. The second-order valence-corrected chi connectivity index (χ2v) is 7.87. The molecule has 1 saturated heterocycles. The maximum atomic E-state index is 12.3. The van der Waals surface area contributed by atoms with E-state index in [1.165, 1.54) is 4.31 Å². The summed E-state index contributed by atoms with van der Waals surface area (Å²) in [5, 5.41) is 3.26. The molecule has 0 amide bonds. The van der Waals surface area contributed by atoms with E-state index in [9.17, 15) is 8.42 Å². The molecule has 0 saturated carbocycles. The molecule has 7 heteroatoms. The van der Waals surface area contributed by atoms with Crippen molar-refractivity contribution < 1.29 is 12.8 Å². The van der Waals surface area contributed by atoms with Crippen LogP contribution in [0.3, 0.4) is 0 Å². The van der Waals surface area contributed by atoms with Gasteiger partial charge < -0.3 is 9.73 Å². The zero-order valence-corrected chi connectivity index (χ0v) is 12.9. The Morgan fingerprint density at radius 3 is 2.68 bits per heavy atom. The lowest BCUT2D eigenvalue weighted by Gasteiger charge is -2.24. The summed E-state index contributed by atoms with van der Waals surface area (Å²) in [6.07, 6.45) is 0. The van der Waals surface area contributed by atoms with E-state index in [1.807, 2.05) is 13.8 Å². The van der Waals surface area contributed by atoms with E-state index in [-0.39, 0.29) is 5.09 Å². The van der Waals surface area contributed by atoms with Crippen LogP contribution in [-0.2, 0) is 16.6 Å². The topological polar surface area (TPSA) is 62.6 Å². The molecule has 1 aliphatic heterocycles. The van der Waals surface area contributed by atoms with Crippen molar-refractivity contribution >= 4 is 21.8 Å². The third kappa shape index (κ3) is 3.75. The summed E-state index contributed by atoms with van der Waals surface area (Å²) in [6.45, 7) is 5.74. The standard InChI is InChI=1S/C12H20N2O3S2/c1-10(2)13-9-11-3-4-12(17-11)19(15,16)14-5-7-18-8-6-14/h3-4,10,13H,5-9H2,1-2H3. The van der Waals surface area contributed by atoms with Gasteiger partial charge >= 0.3 is 0 Å². The lowest BCUT2D eigenvalue weighted by atomic mass is 10.3. The summed E-state index contributed by atoms with van der Waals surface area (Å²) in [4.78, 5) is 0. The van der Waals surface area contributed by atoms with Crippen LogP contribution in [0.2, 0.25) is 0 Å². The van der Waals surface area contributed by atoms with Crippen LogP contribution < -0.4 is 5.32 Å². The molecule has 0 bridgehead atoms. The van der Waals surface area contributed by atoms with E-state index in [2.05, 4.69) is 5.32 Å². The van der Waals surface area contributed by atoms with Crippen LogP contribution in [0.15, 0.2) is 21.6 Å². The maximum Gasteiger partial charge on any atom is 0.276 e. The van der Waals surface area contributed by atoms with E-state index in [4.69, 9.17) is 4.42 Å². The number of nitrogens with one attached hydrogen (secondary N) is 1. The number of nitrogens with zero attached hydrogens (tertiary/aromatic N) is 1. The van der Waals surface area contributed by atoms with Gasteiger partial charge in [0.25, 0.3) is 10.0 Å². The summed E-state index contributed by atoms with van der Waals surface area (Å²) in [7, 11) is -3.45. The van der Waals surface area contributed by atoms with Crippen LogP contribution in [0.1, 0.15) is 19.6 Å². The Balaban J connectivity index is 2.08. The first kappa shape index (κ1) is 14.9. The summed E-state index contributed by atoms with van der Waals surface area (Å²) in [5.41, 5.74) is 0. The summed E-state index contributed by atoms with van der Waals surface area (Å²) in [5.74, 6) is 2.35. The van der Waals surface area contributed by atoms with Gasteiger partial charge in [-0.3, -0.25) is 0 Å². The maximum absolute atomic E-state index is 12.3. The van der Waals surface area contributed by atoms with Crippen molar-refractivity contribution in [3.8, 4) is 0 Å². The van der Waals surface area contributed by atoms with Gasteiger partial charge in [0.05, 0.1) is 6.54 Å². The molecule has 0 aliphatic carbocycles. The minimum atomic E-state index is -3.45. The van der Waals surface area contributed by atoms with Gasteiger partial charge in [0.15, 0.2) is 0 Å². The van der Waals surface area contributed by atoms with Crippen molar-refractivity contribution in [2.45, 2.75) is 31.5 Å². The number of hydrogen-bond donors (Lipinski definition) is 1. The van der Waals surface area contributed by atoms with E-state index < -0.39 is 10.0 Å². The largest absolute Gasteiger partial charge is 0.447 e. The number of rotatable bonds is 5. The second-order valence-electron chi connectivity index (χ2n) is 4.77. The van der Waals surface area contributed by atoms with Gasteiger partial charge in [-0.05, 0) is 12.1 Å². The molecule has 5 nitrogen and oxygen atoms in total. The smallest absolute Gasteiger partial charge is 0.276 e. The quantitative estimate of drug-likeness (QED) is 0.893. The van der Waals surface area contributed by atoms with Gasteiger partial charge in [0.1, 0.15) is 5.76 Å². The van der Waals surface area contributed by atoms with Crippen LogP contribution in [0.5, 0.6) is 0 Å². The minimum absolute atomic E-state index is 0.0555. The van der Waals surface area contributed by atoms with Gasteiger partial charge in [-0.2, -0.15) is 16.1 Å². The van der Waals surface area contributed by atoms with Crippen LogP contribution in [0, 0.1) is 0 Å². The summed E-state index contributed by atoms with van der Waals surface area (Å²) >= 11 is 1.78. The first-order valence-electron chi connectivity index (χ1n) is 6.40. The fraction of sp³-hybridized carbons (Fsp3) is 0.667. The highest BCUT2D eigenvalue weighted by Gasteiger charge is 2.28. The zero-order chi connectivity index (χ0) is 13.9. The highest BCUT2D eigenvalue weighted by atomic mass is 32.2. The average molecular weight is 304 g/mol.